The molecule has 0 saturated heterocycles. The second kappa shape index (κ2) is 4.97. The number of alkyl halides is 2. The van der Waals surface area contributed by atoms with Gasteiger partial charge in [0.05, 0.1) is 16.5 Å². The van der Waals surface area contributed by atoms with Crippen molar-refractivity contribution in [2.45, 2.75) is 18.8 Å². The van der Waals surface area contributed by atoms with Gasteiger partial charge in [0, 0.05) is 12.0 Å². The summed E-state index contributed by atoms with van der Waals surface area (Å²) < 4.78 is 26.9. The molecule has 2 nitrogen and oxygen atoms in total. The number of aliphatic carboxylic acids is 1. The first-order valence-electron chi connectivity index (χ1n) is 4.38. The molecule has 1 rings (SSSR count). The normalized spacial score (nSPS) is 11.5. The summed E-state index contributed by atoms with van der Waals surface area (Å²) >= 11 is 11.2. The minimum Gasteiger partial charge on any atom is -0.481 e. The van der Waals surface area contributed by atoms with E-state index in [0.717, 1.165) is 12.1 Å². The van der Waals surface area contributed by atoms with Gasteiger partial charge in [-0.3, -0.25) is 4.79 Å². The summed E-state index contributed by atoms with van der Waals surface area (Å²) in [5.74, 6) is -4.48. The van der Waals surface area contributed by atoms with Crippen LogP contribution in [0.1, 0.15) is 18.4 Å². The Morgan fingerprint density at radius 3 is 2.44 bits per heavy atom. The lowest BCUT2D eigenvalue weighted by molar-refractivity contribution is -0.139. The highest BCUT2D eigenvalue weighted by atomic mass is 35.5. The second-order valence-electron chi connectivity index (χ2n) is 3.23. The van der Waals surface area contributed by atoms with Crippen LogP contribution >= 0.6 is 23.2 Å². The third-order valence-electron chi connectivity index (χ3n) is 1.99. The van der Waals surface area contributed by atoms with Crippen molar-refractivity contribution in [3.05, 3.63) is 33.8 Å². The average molecular weight is 269 g/mol. The molecule has 88 valence electrons. The van der Waals surface area contributed by atoms with Crippen molar-refractivity contribution in [2.24, 2.45) is 0 Å². The minimum absolute atomic E-state index is 0.0224. The fourth-order valence-corrected chi connectivity index (χ4v) is 1.43. The first-order valence-corrected chi connectivity index (χ1v) is 5.13. The molecule has 0 fully saturated rings. The molecule has 6 heteroatoms. The van der Waals surface area contributed by atoms with Crippen LogP contribution in [0.15, 0.2) is 18.2 Å². The third-order valence-corrected chi connectivity index (χ3v) is 2.73. The van der Waals surface area contributed by atoms with Crippen molar-refractivity contribution in [1.29, 1.82) is 0 Å². The number of rotatable bonds is 4. The maximum atomic E-state index is 13.5. The summed E-state index contributed by atoms with van der Waals surface area (Å²) in [7, 11) is 0. The van der Waals surface area contributed by atoms with Gasteiger partial charge in [0.1, 0.15) is 0 Å². The predicted octanol–water partition coefficient (Wildman–Crippen LogP) is 3.95. The van der Waals surface area contributed by atoms with E-state index in [1.807, 2.05) is 0 Å². The lowest BCUT2D eigenvalue weighted by Crippen LogP contribution is -2.15. The van der Waals surface area contributed by atoms with Crippen molar-refractivity contribution in [3.8, 4) is 0 Å². The molecule has 0 unspecified atom stereocenters. The van der Waals surface area contributed by atoms with Crippen LogP contribution < -0.4 is 0 Å². The van der Waals surface area contributed by atoms with Crippen LogP contribution in [0.2, 0.25) is 10.0 Å². The Kier molecular flexibility index (Phi) is 4.10. The Bertz CT molecular complexity index is 408. The molecular weight excluding hydrogens is 261 g/mol. The van der Waals surface area contributed by atoms with Crippen LogP contribution in [-0.2, 0) is 10.7 Å². The van der Waals surface area contributed by atoms with Crippen LogP contribution in [0.25, 0.3) is 0 Å². The second-order valence-corrected chi connectivity index (χ2v) is 4.04. The molecule has 0 saturated carbocycles. The summed E-state index contributed by atoms with van der Waals surface area (Å²) in [5, 5.41) is 8.54. The number of carboxylic acids is 1. The molecule has 0 amide bonds. The van der Waals surface area contributed by atoms with Crippen molar-refractivity contribution < 1.29 is 18.7 Å². The minimum atomic E-state index is -3.22. The van der Waals surface area contributed by atoms with Crippen LogP contribution in [0.3, 0.4) is 0 Å². The van der Waals surface area contributed by atoms with Crippen molar-refractivity contribution in [2.75, 3.05) is 0 Å². The molecule has 0 aliphatic heterocycles. The maximum absolute atomic E-state index is 13.5. The van der Waals surface area contributed by atoms with Gasteiger partial charge in [0.15, 0.2) is 0 Å². The van der Waals surface area contributed by atoms with Crippen LogP contribution in [-0.4, -0.2) is 11.1 Å². The zero-order chi connectivity index (χ0) is 12.3. The van der Waals surface area contributed by atoms with E-state index in [0.29, 0.717) is 0 Å². The van der Waals surface area contributed by atoms with Gasteiger partial charge in [-0.1, -0.05) is 29.3 Å². The molecule has 0 aromatic heterocycles. The number of benzene rings is 1. The molecule has 0 atom stereocenters. The van der Waals surface area contributed by atoms with E-state index in [-0.39, 0.29) is 15.6 Å². The third kappa shape index (κ3) is 3.32. The summed E-state index contributed by atoms with van der Waals surface area (Å²) in [5.41, 5.74) is -0.330. The molecule has 1 aromatic carbocycles. The van der Waals surface area contributed by atoms with Gasteiger partial charge in [-0.2, -0.15) is 0 Å². The van der Waals surface area contributed by atoms with E-state index in [4.69, 9.17) is 28.3 Å². The quantitative estimate of drug-likeness (QED) is 0.898. The van der Waals surface area contributed by atoms with E-state index >= 15 is 0 Å². The highest BCUT2D eigenvalue weighted by Gasteiger charge is 2.32. The summed E-state index contributed by atoms with van der Waals surface area (Å²) in [6, 6.07) is 3.44. The van der Waals surface area contributed by atoms with E-state index < -0.39 is 24.7 Å². The van der Waals surface area contributed by atoms with Gasteiger partial charge >= 0.3 is 5.97 Å². The number of halogens is 4. The molecule has 1 aromatic rings. The van der Waals surface area contributed by atoms with Gasteiger partial charge in [0.2, 0.25) is 0 Å². The van der Waals surface area contributed by atoms with Gasteiger partial charge in [-0.25, -0.2) is 8.78 Å². The van der Waals surface area contributed by atoms with E-state index in [9.17, 15) is 13.6 Å². The Hall–Kier alpha value is -0.870. The Morgan fingerprint density at radius 2 is 1.94 bits per heavy atom. The summed E-state index contributed by atoms with van der Waals surface area (Å²) in [4.78, 5) is 10.2. The zero-order valence-electron chi connectivity index (χ0n) is 8.01. The SMILES string of the molecule is O=C(O)CCC(F)(F)c1ccc(Cl)c(Cl)c1. The van der Waals surface area contributed by atoms with Crippen molar-refractivity contribution in [1.82, 2.24) is 0 Å². The van der Waals surface area contributed by atoms with E-state index in [1.165, 1.54) is 6.07 Å². The fourth-order valence-electron chi connectivity index (χ4n) is 1.13. The van der Waals surface area contributed by atoms with E-state index in [1.54, 1.807) is 0 Å². The fraction of sp³-hybridized carbons (Fsp3) is 0.300. The summed E-state index contributed by atoms with van der Waals surface area (Å²) in [6.07, 6.45) is -1.37. The lowest BCUT2D eigenvalue weighted by atomic mass is 10.0. The Morgan fingerprint density at radius 1 is 1.31 bits per heavy atom. The first kappa shape index (κ1) is 13.2. The molecular formula is C10H8Cl2F2O2. The molecule has 0 radical (unpaired) electrons. The zero-order valence-corrected chi connectivity index (χ0v) is 9.53. The molecule has 0 aliphatic rings. The smallest absolute Gasteiger partial charge is 0.303 e. The molecule has 0 spiro atoms. The highest BCUT2D eigenvalue weighted by molar-refractivity contribution is 6.42. The van der Waals surface area contributed by atoms with Crippen LogP contribution in [0.5, 0.6) is 0 Å². The molecule has 0 bridgehead atoms. The molecule has 0 heterocycles. The lowest BCUT2D eigenvalue weighted by Gasteiger charge is -2.16. The Labute approximate surface area is 101 Å². The maximum Gasteiger partial charge on any atom is 0.303 e. The number of hydrogen-bond acceptors (Lipinski definition) is 1. The molecule has 1 N–H and O–H groups in total. The van der Waals surface area contributed by atoms with Gasteiger partial charge < -0.3 is 5.11 Å². The monoisotopic (exact) mass is 268 g/mol. The Balaban J connectivity index is 2.88. The number of carbonyl (C=O) groups is 1. The molecule has 0 aliphatic carbocycles. The van der Waals surface area contributed by atoms with Gasteiger partial charge in [-0.15, -0.1) is 0 Å². The average Bonchev–Trinajstić information content (AvgIpc) is 2.19. The first-order chi connectivity index (χ1) is 7.33. The topological polar surface area (TPSA) is 37.3 Å². The van der Waals surface area contributed by atoms with E-state index in [2.05, 4.69) is 0 Å². The van der Waals surface area contributed by atoms with Crippen molar-refractivity contribution in [3.63, 3.8) is 0 Å². The van der Waals surface area contributed by atoms with Gasteiger partial charge in [0.25, 0.3) is 5.92 Å². The standard InChI is InChI=1S/C10H8Cl2F2O2/c11-7-2-1-6(5-8(7)12)10(13,14)4-3-9(15)16/h1-2,5H,3-4H2,(H,15,16). The number of hydrogen-bond donors (Lipinski definition) is 1. The van der Waals surface area contributed by atoms with Crippen LogP contribution in [0.4, 0.5) is 8.78 Å². The van der Waals surface area contributed by atoms with Crippen molar-refractivity contribution >= 4 is 29.2 Å². The number of carboxylic acid groups (broad SMARTS) is 1. The van der Waals surface area contributed by atoms with Gasteiger partial charge in [-0.05, 0) is 12.1 Å². The summed E-state index contributed by atoms with van der Waals surface area (Å²) in [6.45, 7) is 0. The van der Waals surface area contributed by atoms with Crippen LogP contribution in [0, 0.1) is 0 Å². The highest BCUT2D eigenvalue weighted by Crippen LogP contribution is 2.35. The molecule has 16 heavy (non-hydrogen) atoms. The largest absolute Gasteiger partial charge is 0.481 e. The predicted molar refractivity (Wildman–Crippen MR) is 57.2 cm³/mol.